The Balaban J connectivity index is 2.05. The number of hydrogen-bond acceptors (Lipinski definition) is 5. The average Bonchev–Trinajstić information content (AvgIpc) is 2.84. The first-order valence-electron chi connectivity index (χ1n) is 7.84. The summed E-state index contributed by atoms with van der Waals surface area (Å²) < 4.78 is 16.2. The van der Waals surface area contributed by atoms with Crippen molar-refractivity contribution in [1.82, 2.24) is 0 Å². The second kappa shape index (κ2) is 7.08. The van der Waals surface area contributed by atoms with Crippen molar-refractivity contribution in [1.29, 1.82) is 0 Å². The van der Waals surface area contributed by atoms with Gasteiger partial charge in [0.2, 0.25) is 0 Å². The van der Waals surface area contributed by atoms with Gasteiger partial charge in [-0.2, -0.15) is 0 Å². The van der Waals surface area contributed by atoms with E-state index in [1.807, 2.05) is 32.9 Å². The SMILES string of the molecule is COc1cc(NC2CCOC2C)ccc1NC(=O)OC(C)(C)C. The zero-order valence-electron chi connectivity index (χ0n) is 14.4. The maximum atomic E-state index is 11.9. The maximum Gasteiger partial charge on any atom is 0.412 e. The lowest BCUT2D eigenvalue weighted by Gasteiger charge is -2.21. The molecule has 128 valence electrons. The fraction of sp³-hybridized carbons (Fsp3) is 0.588. The Morgan fingerprint density at radius 1 is 1.35 bits per heavy atom. The van der Waals surface area contributed by atoms with Crippen LogP contribution in [0.25, 0.3) is 0 Å². The first-order valence-corrected chi connectivity index (χ1v) is 7.84. The van der Waals surface area contributed by atoms with E-state index in [1.165, 1.54) is 0 Å². The van der Waals surface area contributed by atoms with Crippen LogP contribution in [0.4, 0.5) is 16.2 Å². The summed E-state index contributed by atoms with van der Waals surface area (Å²) in [5.41, 5.74) is 0.958. The van der Waals surface area contributed by atoms with E-state index in [9.17, 15) is 4.79 Å². The summed E-state index contributed by atoms with van der Waals surface area (Å²) in [7, 11) is 1.57. The fourth-order valence-electron chi connectivity index (χ4n) is 2.43. The van der Waals surface area contributed by atoms with Gasteiger partial charge in [0.05, 0.1) is 24.9 Å². The van der Waals surface area contributed by atoms with Gasteiger partial charge in [0, 0.05) is 18.4 Å². The van der Waals surface area contributed by atoms with Gasteiger partial charge in [-0.05, 0) is 46.2 Å². The first kappa shape index (κ1) is 17.4. The van der Waals surface area contributed by atoms with Crippen molar-refractivity contribution in [2.24, 2.45) is 0 Å². The Kier molecular flexibility index (Phi) is 5.36. The molecule has 1 heterocycles. The number of methoxy groups -OCH3 is 1. The van der Waals surface area contributed by atoms with Crippen LogP contribution in [0.3, 0.4) is 0 Å². The molecule has 1 aromatic rings. The number of rotatable bonds is 4. The van der Waals surface area contributed by atoms with Crippen LogP contribution >= 0.6 is 0 Å². The van der Waals surface area contributed by atoms with Crippen molar-refractivity contribution in [2.75, 3.05) is 24.4 Å². The molecule has 6 nitrogen and oxygen atoms in total. The molecule has 2 N–H and O–H groups in total. The van der Waals surface area contributed by atoms with E-state index < -0.39 is 11.7 Å². The van der Waals surface area contributed by atoms with E-state index in [4.69, 9.17) is 14.2 Å². The van der Waals surface area contributed by atoms with Gasteiger partial charge >= 0.3 is 6.09 Å². The molecular weight excluding hydrogens is 296 g/mol. The molecule has 0 spiro atoms. The smallest absolute Gasteiger partial charge is 0.412 e. The summed E-state index contributed by atoms with van der Waals surface area (Å²) in [5, 5.41) is 6.14. The third kappa shape index (κ3) is 5.03. The number of carbonyl (C=O) groups excluding carboxylic acids is 1. The largest absolute Gasteiger partial charge is 0.494 e. The molecule has 1 aromatic carbocycles. The highest BCUT2D eigenvalue weighted by Crippen LogP contribution is 2.30. The van der Waals surface area contributed by atoms with Crippen molar-refractivity contribution in [3.05, 3.63) is 18.2 Å². The molecule has 0 aromatic heterocycles. The number of carbonyl (C=O) groups is 1. The lowest BCUT2D eigenvalue weighted by molar-refractivity contribution is 0.0635. The Morgan fingerprint density at radius 2 is 2.09 bits per heavy atom. The van der Waals surface area contributed by atoms with Crippen LogP contribution in [0.15, 0.2) is 18.2 Å². The number of ether oxygens (including phenoxy) is 3. The van der Waals surface area contributed by atoms with Crippen molar-refractivity contribution in [3.8, 4) is 5.75 Å². The van der Waals surface area contributed by atoms with Gasteiger partial charge in [0.1, 0.15) is 11.4 Å². The second-order valence-electron chi connectivity index (χ2n) is 6.66. The van der Waals surface area contributed by atoms with Gasteiger partial charge < -0.3 is 19.5 Å². The minimum atomic E-state index is -0.544. The molecule has 1 amide bonds. The Labute approximate surface area is 137 Å². The molecule has 1 saturated heterocycles. The molecule has 0 bridgehead atoms. The topological polar surface area (TPSA) is 68.8 Å². The molecule has 1 fully saturated rings. The molecule has 2 atom stereocenters. The minimum Gasteiger partial charge on any atom is -0.494 e. The molecule has 0 saturated carbocycles. The van der Waals surface area contributed by atoms with Crippen LogP contribution < -0.4 is 15.4 Å². The van der Waals surface area contributed by atoms with Crippen LogP contribution in [0.1, 0.15) is 34.1 Å². The molecule has 6 heteroatoms. The summed E-state index contributed by atoms with van der Waals surface area (Å²) in [6.07, 6.45) is 0.649. The molecule has 2 rings (SSSR count). The van der Waals surface area contributed by atoms with Crippen LogP contribution in [-0.2, 0) is 9.47 Å². The van der Waals surface area contributed by atoms with Gasteiger partial charge in [-0.25, -0.2) is 4.79 Å². The fourth-order valence-corrected chi connectivity index (χ4v) is 2.43. The van der Waals surface area contributed by atoms with Gasteiger partial charge in [-0.1, -0.05) is 0 Å². The predicted molar refractivity (Wildman–Crippen MR) is 90.3 cm³/mol. The van der Waals surface area contributed by atoms with Crippen LogP contribution in [0.5, 0.6) is 5.75 Å². The molecule has 23 heavy (non-hydrogen) atoms. The van der Waals surface area contributed by atoms with E-state index >= 15 is 0 Å². The zero-order valence-corrected chi connectivity index (χ0v) is 14.4. The minimum absolute atomic E-state index is 0.181. The molecular formula is C17H26N2O4. The summed E-state index contributed by atoms with van der Waals surface area (Å²) in [5.74, 6) is 0.576. The third-order valence-corrected chi connectivity index (χ3v) is 3.57. The normalized spacial score (nSPS) is 20.9. The van der Waals surface area contributed by atoms with Gasteiger partial charge in [0.15, 0.2) is 0 Å². The predicted octanol–water partition coefficient (Wildman–Crippen LogP) is 3.63. The average molecular weight is 322 g/mol. The van der Waals surface area contributed by atoms with Crippen molar-refractivity contribution in [2.45, 2.75) is 51.9 Å². The monoisotopic (exact) mass is 322 g/mol. The molecule has 0 radical (unpaired) electrons. The highest BCUT2D eigenvalue weighted by atomic mass is 16.6. The third-order valence-electron chi connectivity index (χ3n) is 3.57. The number of nitrogens with one attached hydrogen (secondary N) is 2. The van der Waals surface area contributed by atoms with Gasteiger partial charge in [0.25, 0.3) is 0 Å². The van der Waals surface area contributed by atoms with Crippen LogP contribution in [-0.4, -0.2) is 37.6 Å². The molecule has 1 aliphatic heterocycles. The lowest BCUT2D eigenvalue weighted by atomic mass is 10.1. The standard InChI is InChI=1S/C17H26N2O4/c1-11-13(8-9-22-11)18-12-6-7-14(15(10-12)21-5)19-16(20)23-17(2,3)4/h6-7,10-11,13,18H,8-9H2,1-5H3,(H,19,20). The number of amides is 1. The number of hydrogen-bond donors (Lipinski definition) is 2. The highest BCUT2D eigenvalue weighted by Gasteiger charge is 2.24. The zero-order chi connectivity index (χ0) is 17.0. The Bertz CT molecular complexity index is 554. The van der Waals surface area contributed by atoms with Crippen LogP contribution in [0, 0.1) is 0 Å². The Morgan fingerprint density at radius 3 is 2.65 bits per heavy atom. The van der Waals surface area contributed by atoms with Crippen molar-refractivity contribution >= 4 is 17.5 Å². The number of benzene rings is 1. The van der Waals surface area contributed by atoms with Gasteiger partial charge in [-0.15, -0.1) is 0 Å². The van der Waals surface area contributed by atoms with E-state index in [2.05, 4.69) is 17.6 Å². The lowest BCUT2D eigenvalue weighted by Crippen LogP contribution is -2.27. The highest BCUT2D eigenvalue weighted by molar-refractivity contribution is 5.87. The van der Waals surface area contributed by atoms with E-state index in [0.29, 0.717) is 11.4 Å². The summed E-state index contributed by atoms with van der Waals surface area (Å²) in [4.78, 5) is 11.9. The molecule has 2 unspecified atom stereocenters. The maximum absolute atomic E-state index is 11.9. The van der Waals surface area contributed by atoms with Gasteiger partial charge in [-0.3, -0.25) is 5.32 Å². The second-order valence-corrected chi connectivity index (χ2v) is 6.66. The summed E-state index contributed by atoms with van der Waals surface area (Å²) in [6, 6.07) is 5.84. The molecule has 0 aliphatic carbocycles. The summed E-state index contributed by atoms with van der Waals surface area (Å²) >= 11 is 0. The number of anilines is 2. The van der Waals surface area contributed by atoms with Crippen molar-refractivity contribution in [3.63, 3.8) is 0 Å². The van der Waals surface area contributed by atoms with E-state index in [0.717, 1.165) is 18.7 Å². The van der Waals surface area contributed by atoms with Crippen molar-refractivity contribution < 1.29 is 19.0 Å². The molecule has 1 aliphatic rings. The Hall–Kier alpha value is -1.95. The quantitative estimate of drug-likeness (QED) is 0.886. The van der Waals surface area contributed by atoms with E-state index in [-0.39, 0.29) is 12.1 Å². The van der Waals surface area contributed by atoms with Crippen LogP contribution in [0.2, 0.25) is 0 Å². The van der Waals surface area contributed by atoms with E-state index in [1.54, 1.807) is 13.2 Å². The first-order chi connectivity index (χ1) is 10.8. The summed E-state index contributed by atoms with van der Waals surface area (Å²) in [6.45, 7) is 8.29.